The molecule has 2 rings (SSSR count). The lowest BCUT2D eigenvalue weighted by molar-refractivity contribution is 0.0689. The maximum Gasteiger partial charge on any atom is 0.354 e. The van der Waals surface area contributed by atoms with E-state index >= 15 is 0 Å². The Bertz CT molecular complexity index is 636. The summed E-state index contributed by atoms with van der Waals surface area (Å²) in [6.07, 6.45) is 0. The highest BCUT2D eigenvalue weighted by atomic mass is 32.2. The van der Waals surface area contributed by atoms with E-state index in [0.29, 0.717) is 16.3 Å². The largest absolute Gasteiger partial charge is 0.477 e. The number of hydrogen-bond acceptors (Lipinski definition) is 4. The summed E-state index contributed by atoms with van der Waals surface area (Å²) >= 11 is 1.36. The minimum atomic E-state index is -1.09. The minimum Gasteiger partial charge on any atom is -0.477 e. The van der Waals surface area contributed by atoms with Gasteiger partial charge in [0.1, 0.15) is 16.8 Å². The normalized spacial score (nSPS) is 9.19. The molecule has 0 aliphatic rings. The van der Waals surface area contributed by atoms with Crippen LogP contribution in [-0.4, -0.2) is 16.1 Å². The van der Waals surface area contributed by atoms with Crippen LogP contribution in [0.3, 0.4) is 0 Å². The average Bonchev–Trinajstić information content (AvgIpc) is 2.55. The first-order chi connectivity index (χ1) is 10.2. The average molecular weight is 300 g/mol. The number of rotatable bonds is 4. The summed E-state index contributed by atoms with van der Waals surface area (Å²) in [5.74, 6) is -0.447. The Morgan fingerprint density at radius 1 is 1.24 bits per heavy atom. The van der Waals surface area contributed by atoms with Gasteiger partial charge in [-0.2, -0.15) is 5.26 Å². The number of pyridine rings is 1. The topological polar surface area (TPSA) is 74.0 Å². The maximum atomic E-state index is 10.9. The fourth-order valence-corrected chi connectivity index (χ4v) is 2.41. The van der Waals surface area contributed by atoms with Gasteiger partial charge in [-0.3, -0.25) is 0 Å². The summed E-state index contributed by atoms with van der Waals surface area (Å²) in [6, 6.07) is 14.6. The van der Waals surface area contributed by atoms with Crippen molar-refractivity contribution in [3.63, 3.8) is 0 Å². The summed E-state index contributed by atoms with van der Waals surface area (Å²) in [5.41, 5.74) is 1.44. The van der Waals surface area contributed by atoms with Crippen LogP contribution in [0.15, 0.2) is 47.5 Å². The molecule has 0 aliphatic carbocycles. The van der Waals surface area contributed by atoms with Crippen molar-refractivity contribution in [1.82, 2.24) is 4.98 Å². The van der Waals surface area contributed by atoms with Crippen LogP contribution >= 0.6 is 11.8 Å². The van der Waals surface area contributed by atoms with Gasteiger partial charge in [-0.1, -0.05) is 44.2 Å². The number of carboxylic acids is 1. The molecular formula is C16H16N2O2S. The first-order valence-electron chi connectivity index (χ1n) is 6.52. The zero-order valence-electron chi connectivity index (χ0n) is 11.9. The summed E-state index contributed by atoms with van der Waals surface area (Å²) < 4.78 is 0. The molecular weight excluding hydrogens is 284 g/mol. The molecule has 0 amide bonds. The number of benzene rings is 1. The van der Waals surface area contributed by atoms with Crippen molar-refractivity contribution in [3.05, 3.63) is 59.3 Å². The van der Waals surface area contributed by atoms with Gasteiger partial charge in [0.2, 0.25) is 0 Å². The van der Waals surface area contributed by atoms with Crippen molar-refractivity contribution in [2.45, 2.75) is 24.6 Å². The molecule has 0 saturated heterocycles. The molecule has 0 radical (unpaired) electrons. The molecule has 1 N–H and O–H groups in total. The predicted octanol–water partition coefficient (Wildman–Crippen LogP) is 3.97. The van der Waals surface area contributed by atoms with Gasteiger partial charge in [-0.25, -0.2) is 9.78 Å². The molecule has 2 aromatic rings. The second-order valence-electron chi connectivity index (χ2n) is 3.74. The minimum absolute atomic E-state index is 0.0467. The van der Waals surface area contributed by atoms with E-state index in [1.54, 1.807) is 0 Å². The fourth-order valence-electron chi connectivity index (χ4n) is 1.48. The maximum absolute atomic E-state index is 10.9. The van der Waals surface area contributed by atoms with Crippen molar-refractivity contribution < 1.29 is 9.90 Å². The van der Waals surface area contributed by atoms with Gasteiger partial charge >= 0.3 is 5.97 Å². The number of nitriles is 1. The monoisotopic (exact) mass is 300 g/mol. The molecule has 0 fully saturated rings. The van der Waals surface area contributed by atoms with E-state index in [9.17, 15) is 4.79 Å². The van der Waals surface area contributed by atoms with Gasteiger partial charge in [0, 0.05) is 5.75 Å². The zero-order chi connectivity index (χ0) is 15.7. The number of aromatic nitrogens is 1. The van der Waals surface area contributed by atoms with E-state index in [1.807, 2.05) is 50.2 Å². The van der Waals surface area contributed by atoms with Gasteiger partial charge in [-0.05, 0) is 17.7 Å². The van der Waals surface area contributed by atoms with Crippen molar-refractivity contribution in [2.75, 3.05) is 0 Å². The number of thioether (sulfide) groups is 1. The number of carboxylic acid groups (broad SMARTS) is 1. The highest BCUT2D eigenvalue weighted by Gasteiger charge is 2.10. The summed E-state index contributed by atoms with van der Waals surface area (Å²) in [4.78, 5) is 14.9. The molecule has 1 heterocycles. The van der Waals surface area contributed by atoms with Crippen molar-refractivity contribution >= 4 is 17.7 Å². The van der Waals surface area contributed by atoms with Gasteiger partial charge < -0.3 is 5.11 Å². The predicted molar refractivity (Wildman–Crippen MR) is 83.3 cm³/mol. The van der Waals surface area contributed by atoms with Crippen LogP contribution in [0.4, 0.5) is 0 Å². The Kier molecular flexibility index (Phi) is 6.99. The Morgan fingerprint density at radius 3 is 2.48 bits per heavy atom. The van der Waals surface area contributed by atoms with E-state index in [0.717, 1.165) is 5.56 Å². The molecule has 0 atom stereocenters. The Balaban J connectivity index is 0.00000106. The van der Waals surface area contributed by atoms with Gasteiger partial charge in [0.25, 0.3) is 0 Å². The summed E-state index contributed by atoms with van der Waals surface area (Å²) in [5, 5.41) is 18.3. The molecule has 5 heteroatoms. The third-order valence-corrected chi connectivity index (χ3v) is 3.48. The summed E-state index contributed by atoms with van der Waals surface area (Å²) in [6.45, 7) is 4.00. The molecule has 0 unspecified atom stereocenters. The van der Waals surface area contributed by atoms with Crippen LogP contribution in [0.2, 0.25) is 0 Å². The summed E-state index contributed by atoms with van der Waals surface area (Å²) in [7, 11) is 0. The SMILES string of the molecule is CC.N#Cc1ccc(C(=O)O)nc1SCc1ccccc1. The highest BCUT2D eigenvalue weighted by Crippen LogP contribution is 2.24. The highest BCUT2D eigenvalue weighted by molar-refractivity contribution is 7.98. The second-order valence-corrected chi connectivity index (χ2v) is 4.70. The van der Waals surface area contributed by atoms with Crippen LogP contribution in [0, 0.1) is 11.3 Å². The quantitative estimate of drug-likeness (QED) is 0.865. The number of nitrogens with zero attached hydrogens (tertiary/aromatic N) is 2. The van der Waals surface area contributed by atoms with Crippen molar-refractivity contribution in [3.8, 4) is 6.07 Å². The Labute approximate surface area is 128 Å². The lowest BCUT2D eigenvalue weighted by Crippen LogP contribution is -2.02. The van der Waals surface area contributed by atoms with Gasteiger partial charge in [0.05, 0.1) is 5.56 Å². The lowest BCUT2D eigenvalue weighted by Gasteiger charge is -2.04. The molecule has 0 spiro atoms. The molecule has 0 aliphatic heterocycles. The van der Waals surface area contributed by atoms with Crippen LogP contribution in [0.25, 0.3) is 0 Å². The van der Waals surface area contributed by atoms with Crippen LogP contribution < -0.4 is 0 Å². The first kappa shape index (κ1) is 16.7. The van der Waals surface area contributed by atoms with Crippen LogP contribution in [0.1, 0.15) is 35.5 Å². The van der Waals surface area contributed by atoms with E-state index in [2.05, 4.69) is 4.98 Å². The van der Waals surface area contributed by atoms with E-state index in [4.69, 9.17) is 10.4 Å². The number of carbonyl (C=O) groups is 1. The van der Waals surface area contributed by atoms with E-state index in [1.165, 1.54) is 23.9 Å². The Morgan fingerprint density at radius 2 is 1.90 bits per heavy atom. The second kappa shape index (κ2) is 8.77. The third-order valence-electron chi connectivity index (χ3n) is 2.42. The van der Waals surface area contributed by atoms with Crippen LogP contribution in [0.5, 0.6) is 0 Å². The third kappa shape index (κ3) is 4.93. The Hall–Kier alpha value is -2.32. The number of aromatic carboxylic acids is 1. The van der Waals surface area contributed by atoms with Gasteiger partial charge in [0.15, 0.2) is 0 Å². The zero-order valence-corrected chi connectivity index (χ0v) is 12.7. The molecule has 4 nitrogen and oxygen atoms in total. The molecule has 108 valence electrons. The van der Waals surface area contributed by atoms with Crippen molar-refractivity contribution in [2.24, 2.45) is 0 Å². The number of hydrogen-bond donors (Lipinski definition) is 1. The van der Waals surface area contributed by atoms with E-state index in [-0.39, 0.29) is 5.69 Å². The smallest absolute Gasteiger partial charge is 0.354 e. The lowest BCUT2D eigenvalue weighted by atomic mass is 10.2. The van der Waals surface area contributed by atoms with Gasteiger partial charge in [-0.15, -0.1) is 11.8 Å². The molecule has 0 bridgehead atoms. The first-order valence-corrected chi connectivity index (χ1v) is 7.50. The fraction of sp³-hybridized carbons (Fsp3) is 0.188. The molecule has 0 saturated carbocycles. The van der Waals surface area contributed by atoms with E-state index < -0.39 is 5.97 Å². The molecule has 21 heavy (non-hydrogen) atoms. The molecule has 1 aromatic heterocycles. The van der Waals surface area contributed by atoms with Crippen LogP contribution in [-0.2, 0) is 5.75 Å². The molecule has 1 aromatic carbocycles. The van der Waals surface area contributed by atoms with Crippen molar-refractivity contribution in [1.29, 1.82) is 5.26 Å². The standard InChI is InChI=1S/C14H10N2O2S.C2H6/c15-8-11-6-7-12(14(17)18)16-13(11)19-9-10-4-2-1-3-5-10;1-2/h1-7H,9H2,(H,17,18);1-2H3.